The van der Waals surface area contributed by atoms with Crippen LogP contribution < -0.4 is 15.8 Å². The van der Waals surface area contributed by atoms with Gasteiger partial charge < -0.3 is 5.32 Å². The molecule has 2 unspecified atom stereocenters. The summed E-state index contributed by atoms with van der Waals surface area (Å²) in [5.41, 5.74) is -1.50. The van der Waals surface area contributed by atoms with Gasteiger partial charge >= 0.3 is 12.4 Å². The molecule has 8 heteroatoms. The minimum absolute atomic E-state index is 0.212. The molecule has 1 aromatic heterocycles. The average molecular weight is 356 g/mol. The summed E-state index contributed by atoms with van der Waals surface area (Å²) in [6.45, 7) is 0. The highest BCUT2D eigenvalue weighted by Gasteiger charge is 2.54. The number of hydrogen-bond acceptors (Lipinski definition) is 2. The van der Waals surface area contributed by atoms with Gasteiger partial charge in [0.05, 0.1) is 17.2 Å². The number of nitrogens with zero attached hydrogens (tertiary/aromatic N) is 1. The summed E-state index contributed by atoms with van der Waals surface area (Å²) in [5.74, 6) is -1.46. The van der Waals surface area contributed by atoms with Crippen molar-refractivity contribution >= 4 is 16.8 Å². The van der Waals surface area contributed by atoms with Crippen molar-refractivity contribution in [2.75, 3.05) is 5.32 Å². The van der Waals surface area contributed by atoms with Crippen molar-refractivity contribution in [3.8, 4) is 0 Å². The van der Waals surface area contributed by atoms with Gasteiger partial charge in [0.1, 0.15) is 0 Å². The number of hydrogen-bond donors (Lipinski definition) is 1. The number of fused-ring (bicyclic) bond motifs is 4. The molecule has 2 heterocycles. The summed E-state index contributed by atoms with van der Waals surface area (Å²) >= 11 is 0. The lowest BCUT2D eigenvalue weighted by Gasteiger charge is -2.31. The predicted molar refractivity (Wildman–Crippen MR) is 79.0 cm³/mol. The number of halogens is 6. The van der Waals surface area contributed by atoms with Crippen molar-refractivity contribution in [2.24, 2.45) is 0 Å². The zero-order valence-electron chi connectivity index (χ0n) is 12.4. The Hall–Kier alpha value is -2.51. The van der Waals surface area contributed by atoms with Gasteiger partial charge in [0.15, 0.2) is 0 Å². The molecule has 1 aromatic carbocycles. The molecule has 0 spiro atoms. The van der Waals surface area contributed by atoms with E-state index in [9.17, 15) is 26.3 Å². The van der Waals surface area contributed by atoms with Gasteiger partial charge in [0.2, 0.25) is 0 Å². The standard InChI is InChI=1S/C17H10F6N2/c18-16(19,20)13-8-5-6-24-7-10(8)14(17(21,22)23)15-12(13)9-3-1-2-4-11(9)25-15/h1-7,12,15,25H. The van der Waals surface area contributed by atoms with E-state index < -0.39 is 45.9 Å². The zero-order valence-corrected chi connectivity index (χ0v) is 12.4. The summed E-state index contributed by atoms with van der Waals surface area (Å²) in [6.07, 6.45) is -7.62. The van der Waals surface area contributed by atoms with Gasteiger partial charge in [-0.15, -0.1) is 0 Å². The first-order valence-electron chi connectivity index (χ1n) is 7.38. The van der Waals surface area contributed by atoms with Crippen molar-refractivity contribution in [2.45, 2.75) is 24.3 Å². The van der Waals surface area contributed by atoms with Gasteiger partial charge in [-0.1, -0.05) is 18.2 Å². The highest BCUT2D eigenvalue weighted by Crippen LogP contribution is 2.51. The molecule has 1 N–H and O–H groups in total. The Morgan fingerprint density at radius 1 is 0.840 bits per heavy atom. The molecule has 1 aliphatic carbocycles. The normalized spacial score (nSPS) is 22.2. The van der Waals surface area contributed by atoms with E-state index in [-0.39, 0.29) is 11.3 Å². The quantitative estimate of drug-likeness (QED) is 0.734. The maximum Gasteiger partial charge on any atom is 0.415 e. The molecule has 2 aromatic rings. The molecule has 0 radical (unpaired) electrons. The number of benzene rings is 1. The molecule has 2 nitrogen and oxygen atoms in total. The third-order valence-corrected chi connectivity index (χ3v) is 4.57. The van der Waals surface area contributed by atoms with Gasteiger partial charge in [-0.05, 0) is 22.9 Å². The highest BCUT2D eigenvalue weighted by molar-refractivity contribution is 5.82. The van der Waals surface area contributed by atoms with Crippen LogP contribution in [0, 0.1) is 0 Å². The topological polar surface area (TPSA) is 24.9 Å². The number of alkyl halides is 6. The minimum atomic E-state index is -4.78. The van der Waals surface area contributed by atoms with E-state index in [1.54, 1.807) is 6.07 Å². The number of pyridine rings is 1. The van der Waals surface area contributed by atoms with Crippen molar-refractivity contribution in [1.29, 1.82) is 0 Å². The molecule has 2 aliphatic rings. The summed E-state index contributed by atoms with van der Waals surface area (Å²) in [7, 11) is 0. The average Bonchev–Trinajstić information content (AvgIpc) is 2.88. The number of anilines is 1. The first kappa shape index (κ1) is 16.0. The number of nitrogens with one attached hydrogen (secondary N) is 1. The van der Waals surface area contributed by atoms with Crippen LogP contribution in [-0.4, -0.2) is 23.4 Å². The van der Waals surface area contributed by atoms with Crippen molar-refractivity contribution < 1.29 is 26.3 Å². The Labute approximate surface area is 137 Å². The lowest BCUT2D eigenvalue weighted by Crippen LogP contribution is -2.49. The number of rotatable bonds is 0. The fraction of sp³-hybridized carbons (Fsp3) is 0.235. The van der Waals surface area contributed by atoms with E-state index in [4.69, 9.17) is 0 Å². The zero-order chi connectivity index (χ0) is 18.0. The molecule has 0 amide bonds. The number of aromatic nitrogens is 1. The monoisotopic (exact) mass is 356 g/mol. The van der Waals surface area contributed by atoms with Crippen LogP contribution in [0.4, 0.5) is 32.0 Å². The first-order chi connectivity index (χ1) is 11.7. The van der Waals surface area contributed by atoms with Crippen molar-refractivity contribution in [1.82, 2.24) is 4.98 Å². The van der Waals surface area contributed by atoms with Crippen LogP contribution in [0.2, 0.25) is 0 Å². The van der Waals surface area contributed by atoms with E-state index in [1.807, 2.05) is 0 Å². The maximum atomic E-state index is 13.8. The van der Waals surface area contributed by atoms with Crippen LogP contribution in [0.1, 0.15) is 11.5 Å². The van der Waals surface area contributed by atoms with E-state index in [0.29, 0.717) is 0 Å². The summed E-state index contributed by atoms with van der Waals surface area (Å²) in [5, 5.41) is 1.64. The Morgan fingerprint density at radius 3 is 2.20 bits per heavy atom. The lowest BCUT2D eigenvalue weighted by molar-refractivity contribution is -0.0804. The van der Waals surface area contributed by atoms with Crippen molar-refractivity contribution in [3.05, 3.63) is 58.7 Å². The Kier molecular flexibility index (Phi) is 3.20. The Morgan fingerprint density at radius 2 is 1.52 bits per heavy atom. The van der Waals surface area contributed by atoms with E-state index in [1.165, 1.54) is 18.2 Å². The molecular formula is C17H10F6N2. The molecule has 130 valence electrons. The fourth-order valence-corrected chi connectivity index (χ4v) is 3.73. The summed E-state index contributed by atoms with van der Waals surface area (Å²) in [4.78, 5) is 3.61. The SMILES string of the molecule is FC(F)(F)C1=c2cnccc2=C(C(F)(F)F)C2c3ccccc3NC12. The van der Waals surface area contributed by atoms with Crippen LogP contribution in [0.3, 0.4) is 0 Å². The fourth-order valence-electron chi connectivity index (χ4n) is 3.73. The molecule has 0 saturated heterocycles. The second-order valence-electron chi connectivity index (χ2n) is 5.93. The first-order valence-corrected chi connectivity index (χ1v) is 7.38. The van der Waals surface area contributed by atoms with Crippen LogP contribution in [0.25, 0.3) is 11.1 Å². The van der Waals surface area contributed by atoms with Gasteiger partial charge in [0, 0.05) is 29.2 Å². The second kappa shape index (κ2) is 5.00. The van der Waals surface area contributed by atoms with Crippen LogP contribution in [0.5, 0.6) is 0 Å². The summed E-state index contributed by atoms with van der Waals surface area (Å²) in [6, 6.07) is 5.47. The third kappa shape index (κ3) is 2.31. The molecule has 1 aliphatic heterocycles. The summed E-state index contributed by atoms with van der Waals surface area (Å²) < 4.78 is 82.5. The lowest BCUT2D eigenvalue weighted by atomic mass is 9.78. The second-order valence-corrected chi connectivity index (χ2v) is 5.93. The van der Waals surface area contributed by atoms with E-state index in [2.05, 4.69) is 10.3 Å². The molecule has 4 rings (SSSR count). The Bertz CT molecular complexity index is 974. The molecule has 0 saturated carbocycles. The maximum absolute atomic E-state index is 13.8. The van der Waals surface area contributed by atoms with E-state index in [0.717, 1.165) is 18.5 Å². The van der Waals surface area contributed by atoms with Gasteiger partial charge in [-0.2, -0.15) is 26.3 Å². The largest absolute Gasteiger partial charge is 0.415 e. The molecule has 25 heavy (non-hydrogen) atoms. The predicted octanol–water partition coefficient (Wildman–Crippen LogP) is 3.10. The van der Waals surface area contributed by atoms with Crippen LogP contribution in [-0.2, 0) is 0 Å². The molecular weight excluding hydrogens is 346 g/mol. The molecule has 0 fully saturated rings. The highest BCUT2D eigenvalue weighted by atomic mass is 19.4. The molecule has 0 bridgehead atoms. The van der Waals surface area contributed by atoms with Crippen LogP contribution in [0.15, 0.2) is 42.7 Å². The van der Waals surface area contributed by atoms with Crippen LogP contribution >= 0.6 is 0 Å². The van der Waals surface area contributed by atoms with E-state index >= 15 is 0 Å². The van der Waals surface area contributed by atoms with Crippen molar-refractivity contribution in [3.63, 3.8) is 0 Å². The Balaban J connectivity index is 2.18. The number of para-hydroxylation sites is 1. The van der Waals surface area contributed by atoms with Gasteiger partial charge in [0.25, 0.3) is 0 Å². The van der Waals surface area contributed by atoms with Gasteiger partial charge in [-0.3, -0.25) is 4.98 Å². The van der Waals surface area contributed by atoms with Gasteiger partial charge in [-0.25, -0.2) is 0 Å². The smallest absolute Gasteiger partial charge is 0.377 e. The minimum Gasteiger partial charge on any atom is -0.377 e. The molecule has 2 atom stereocenters. The third-order valence-electron chi connectivity index (χ3n) is 4.57.